The quantitative estimate of drug-likeness (QED) is 0.357. The van der Waals surface area contributed by atoms with Crippen LogP contribution in [0.15, 0.2) is 16.8 Å². The molecule has 1 rings (SSSR count). The van der Waals surface area contributed by atoms with Gasteiger partial charge < -0.3 is 4.84 Å². The summed E-state index contributed by atoms with van der Waals surface area (Å²) in [5.41, 5.74) is 1.21. The molecular weight excluding hydrogens is 150 g/mol. The van der Waals surface area contributed by atoms with Crippen LogP contribution in [0.2, 0.25) is 0 Å². The second-order valence-electron chi connectivity index (χ2n) is 3.01. The van der Waals surface area contributed by atoms with Crippen molar-refractivity contribution in [3.05, 3.63) is 11.6 Å². The van der Waals surface area contributed by atoms with Crippen molar-refractivity contribution in [3.8, 4) is 0 Å². The van der Waals surface area contributed by atoms with Crippen molar-refractivity contribution in [2.75, 3.05) is 6.61 Å². The van der Waals surface area contributed by atoms with Crippen molar-refractivity contribution in [2.24, 2.45) is 5.16 Å². The SMILES string of the molecule is CCCO/N=[C]\C1=CCCCC1. The minimum absolute atomic E-state index is 0.695. The molecule has 0 saturated heterocycles. The second kappa shape index (κ2) is 5.81. The molecule has 0 aromatic heterocycles. The molecule has 0 N–H and O–H groups in total. The van der Waals surface area contributed by atoms with Gasteiger partial charge in [0.1, 0.15) is 12.8 Å². The zero-order valence-electron chi connectivity index (χ0n) is 7.68. The lowest BCUT2D eigenvalue weighted by Gasteiger charge is -2.06. The van der Waals surface area contributed by atoms with E-state index in [-0.39, 0.29) is 0 Å². The molecule has 0 aromatic rings. The van der Waals surface area contributed by atoms with Gasteiger partial charge in [0.25, 0.3) is 0 Å². The number of hydrogen-bond acceptors (Lipinski definition) is 2. The van der Waals surface area contributed by atoms with Gasteiger partial charge in [-0.15, -0.1) is 0 Å². The van der Waals surface area contributed by atoms with Gasteiger partial charge in [0.15, 0.2) is 0 Å². The van der Waals surface area contributed by atoms with Crippen molar-refractivity contribution in [2.45, 2.75) is 39.0 Å². The fraction of sp³-hybridized carbons (Fsp3) is 0.700. The Hall–Kier alpha value is -0.790. The summed E-state index contributed by atoms with van der Waals surface area (Å²) in [6.07, 6.45) is 11.0. The Kier molecular flexibility index (Phi) is 4.50. The first-order valence-corrected chi connectivity index (χ1v) is 4.70. The van der Waals surface area contributed by atoms with Crippen molar-refractivity contribution >= 4 is 6.21 Å². The third-order valence-corrected chi connectivity index (χ3v) is 1.84. The normalized spacial score (nSPS) is 17.9. The van der Waals surface area contributed by atoms with E-state index >= 15 is 0 Å². The maximum absolute atomic E-state index is 4.96. The third kappa shape index (κ3) is 3.56. The Bertz CT molecular complexity index is 173. The number of hydrogen-bond donors (Lipinski definition) is 0. The number of allylic oxidation sites excluding steroid dienone is 2. The van der Waals surface area contributed by atoms with Gasteiger partial charge in [-0.25, -0.2) is 0 Å². The largest absolute Gasteiger partial charge is 0.395 e. The standard InChI is InChI=1S/C10H16NO/c1-2-8-12-11-9-10-6-4-3-5-7-10/h6H,2-5,7-8H2,1H3. The highest BCUT2D eigenvalue weighted by atomic mass is 16.6. The minimum Gasteiger partial charge on any atom is -0.395 e. The molecule has 0 fully saturated rings. The minimum atomic E-state index is 0.695. The van der Waals surface area contributed by atoms with Crippen molar-refractivity contribution < 1.29 is 4.84 Å². The number of rotatable bonds is 4. The van der Waals surface area contributed by atoms with Crippen molar-refractivity contribution in [1.82, 2.24) is 0 Å². The zero-order valence-corrected chi connectivity index (χ0v) is 7.68. The van der Waals surface area contributed by atoms with Crippen LogP contribution in [0.4, 0.5) is 0 Å². The van der Waals surface area contributed by atoms with E-state index in [1.54, 1.807) is 0 Å². The summed E-state index contributed by atoms with van der Waals surface area (Å²) in [5.74, 6) is 0. The number of nitrogens with zero attached hydrogens (tertiary/aromatic N) is 1. The molecule has 0 heterocycles. The van der Waals surface area contributed by atoms with Crippen molar-refractivity contribution in [1.29, 1.82) is 0 Å². The summed E-state index contributed by atoms with van der Waals surface area (Å²) in [6, 6.07) is 0. The van der Waals surface area contributed by atoms with E-state index in [1.807, 2.05) is 0 Å². The molecule has 0 aromatic carbocycles. The van der Waals surface area contributed by atoms with Gasteiger partial charge in [0.2, 0.25) is 0 Å². The highest BCUT2D eigenvalue weighted by Crippen LogP contribution is 2.15. The van der Waals surface area contributed by atoms with Gasteiger partial charge in [0, 0.05) is 0 Å². The van der Waals surface area contributed by atoms with Crippen LogP contribution in [0.5, 0.6) is 0 Å². The Balaban J connectivity index is 2.19. The molecule has 0 amide bonds. The van der Waals surface area contributed by atoms with Crippen LogP contribution in [-0.2, 0) is 4.84 Å². The summed E-state index contributed by atoms with van der Waals surface area (Å²) in [4.78, 5) is 4.96. The first kappa shape index (κ1) is 9.30. The van der Waals surface area contributed by atoms with E-state index < -0.39 is 0 Å². The Labute approximate surface area is 74.3 Å². The van der Waals surface area contributed by atoms with E-state index in [2.05, 4.69) is 24.4 Å². The molecule has 2 nitrogen and oxygen atoms in total. The molecule has 1 aliphatic carbocycles. The topological polar surface area (TPSA) is 21.6 Å². The van der Waals surface area contributed by atoms with E-state index in [0.717, 1.165) is 12.8 Å². The summed E-state index contributed by atoms with van der Waals surface area (Å²) in [7, 11) is 0. The molecule has 67 valence electrons. The van der Waals surface area contributed by atoms with Crippen LogP contribution in [0, 0.1) is 0 Å². The molecular formula is C10H16NO. The lowest BCUT2D eigenvalue weighted by molar-refractivity contribution is 0.146. The molecule has 0 spiro atoms. The van der Waals surface area contributed by atoms with E-state index in [1.165, 1.54) is 24.8 Å². The second-order valence-corrected chi connectivity index (χ2v) is 3.01. The molecule has 0 unspecified atom stereocenters. The molecule has 0 bridgehead atoms. The Morgan fingerprint density at radius 1 is 1.58 bits per heavy atom. The third-order valence-electron chi connectivity index (χ3n) is 1.84. The maximum atomic E-state index is 4.96. The molecule has 0 atom stereocenters. The maximum Gasteiger partial charge on any atom is 0.135 e. The highest BCUT2D eigenvalue weighted by molar-refractivity contribution is 5.78. The van der Waals surface area contributed by atoms with E-state index in [9.17, 15) is 0 Å². The van der Waals surface area contributed by atoms with Gasteiger partial charge in [-0.05, 0) is 37.7 Å². The molecule has 1 radical (unpaired) electrons. The predicted molar refractivity (Wildman–Crippen MR) is 50.2 cm³/mol. The summed E-state index contributed by atoms with van der Waals surface area (Å²) in [5, 5.41) is 3.77. The van der Waals surface area contributed by atoms with Gasteiger partial charge in [-0.1, -0.05) is 18.2 Å². The van der Waals surface area contributed by atoms with Gasteiger partial charge in [-0.2, -0.15) is 0 Å². The summed E-state index contributed by atoms with van der Waals surface area (Å²) < 4.78 is 0. The molecule has 0 saturated carbocycles. The predicted octanol–water partition coefficient (Wildman–Crippen LogP) is 2.78. The molecule has 0 aliphatic heterocycles. The van der Waals surface area contributed by atoms with Crippen LogP contribution >= 0.6 is 0 Å². The molecule has 12 heavy (non-hydrogen) atoms. The average molecular weight is 166 g/mol. The van der Waals surface area contributed by atoms with Crippen LogP contribution in [-0.4, -0.2) is 12.8 Å². The highest BCUT2D eigenvalue weighted by Gasteiger charge is 2.00. The van der Waals surface area contributed by atoms with Gasteiger partial charge in [-0.3, -0.25) is 0 Å². The van der Waals surface area contributed by atoms with Gasteiger partial charge in [0.05, 0.1) is 0 Å². The average Bonchev–Trinajstić information content (AvgIpc) is 2.14. The first-order valence-electron chi connectivity index (χ1n) is 4.70. The van der Waals surface area contributed by atoms with Gasteiger partial charge >= 0.3 is 0 Å². The summed E-state index contributed by atoms with van der Waals surface area (Å²) in [6.45, 7) is 2.76. The zero-order chi connectivity index (χ0) is 8.65. The van der Waals surface area contributed by atoms with Crippen LogP contribution in [0.3, 0.4) is 0 Å². The summed E-state index contributed by atoms with van der Waals surface area (Å²) >= 11 is 0. The lowest BCUT2D eigenvalue weighted by Crippen LogP contribution is -1.93. The van der Waals surface area contributed by atoms with Crippen LogP contribution in [0.25, 0.3) is 0 Å². The van der Waals surface area contributed by atoms with Crippen LogP contribution in [0.1, 0.15) is 39.0 Å². The van der Waals surface area contributed by atoms with Crippen molar-refractivity contribution in [3.63, 3.8) is 0 Å². The first-order chi connectivity index (χ1) is 5.93. The fourth-order valence-corrected chi connectivity index (χ4v) is 1.17. The Morgan fingerprint density at radius 3 is 3.17 bits per heavy atom. The fourth-order valence-electron chi connectivity index (χ4n) is 1.17. The lowest BCUT2D eigenvalue weighted by atomic mass is 10.0. The molecule has 2 heteroatoms. The van der Waals surface area contributed by atoms with Crippen LogP contribution < -0.4 is 0 Å². The Morgan fingerprint density at radius 2 is 2.50 bits per heavy atom. The molecule has 1 aliphatic rings. The van der Waals surface area contributed by atoms with E-state index in [4.69, 9.17) is 4.84 Å². The smallest absolute Gasteiger partial charge is 0.135 e. The van der Waals surface area contributed by atoms with E-state index in [0.29, 0.717) is 6.61 Å². The monoisotopic (exact) mass is 166 g/mol.